The van der Waals surface area contributed by atoms with Gasteiger partial charge in [-0.2, -0.15) is 0 Å². The van der Waals surface area contributed by atoms with Gasteiger partial charge in [-0.05, 0) is 68.3 Å². The molecule has 3 aromatic rings. The summed E-state index contributed by atoms with van der Waals surface area (Å²) in [6.07, 6.45) is 0. The molecule has 0 aromatic heterocycles. The van der Waals surface area contributed by atoms with Crippen LogP contribution in [0.25, 0.3) is 0 Å². The fraction of sp³-hybridized carbons (Fsp3) is 0.240. The second-order valence-electron chi connectivity index (χ2n) is 7.45. The number of carbonyl (C=O) groups excluding carboxylic acids is 1. The van der Waals surface area contributed by atoms with E-state index in [0.29, 0.717) is 12.3 Å². The van der Waals surface area contributed by atoms with Crippen LogP contribution in [0.15, 0.2) is 83.8 Å². The van der Waals surface area contributed by atoms with Crippen LogP contribution in [0.2, 0.25) is 0 Å². The van der Waals surface area contributed by atoms with E-state index in [0.717, 1.165) is 21.2 Å². The van der Waals surface area contributed by atoms with Gasteiger partial charge in [0.15, 0.2) is 0 Å². The lowest BCUT2D eigenvalue weighted by Gasteiger charge is -2.25. The Morgan fingerprint density at radius 2 is 1.69 bits per heavy atom. The first-order valence-electron chi connectivity index (χ1n) is 10.5. The van der Waals surface area contributed by atoms with Gasteiger partial charge in [-0.3, -0.25) is 9.10 Å². The SMILES string of the molecule is CCOc1ccc([C@H](C)NC(=O)CN(c2cccc(C)c2)S(=O)(=O)c2ccccc2)cc1. The number of hydrogen-bond acceptors (Lipinski definition) is 4. The molecule has 0 aliphatic carbocycles. The molecule has 0 aliphatic heterocycles. The number of rotatable bonds is 9. The van der Waals surface area contributed by atoms with Crippen LogP contribution in [-0.2, 0) is 14.8 Å². The second-order valence-corrected chi connectivity index (χ2v) is 9.32. The zero-order valence-corrected chi connectivity index (χ0v) is 19.3. The van der Waals surface area contributed by atoms with Gasteiger partial charge in [-0.25, -0.2) is 8.42 Å². The highest BCUT2D eigenvalue weighted by Gasteiger charge is 2.27. The van der Waals surface area contributed by atoms with Crippen molar-refractivity contribution in [2.75, 3.05) is 17.5 Å². The molecule has 0 saturated heterocycles. The molecular formula is C25H28N2O4S. The molecule has 3 rings (SSSR count). The molecule has 0 heterocycles. The molecule has 0 radical (unpaired) electrons. The number of benzene rings is 3. The van der Waals surface area contributed by atoms with Crippen molar-refractivity contribution in [1.29, 1.82) is 0 Å². The molecule has 1 N–H and O–H groups in total. The third-order valence-electron chi connectivity index (χ3n) is 4.98. The number of aryl methyl sites for hydroxylation is 1. The van der Waals surface area contributed by atoms with Crippen LogP contribution in [-0.4, -0.2) is 27.5 Å². The number of carbonyl (C=O) groups is 1. The Hall–Kier alpha value is -3.32. The van der Waals surface area contributed by atoms with Crippen LogP contribution in [0.1, 0.15) is 31.0 Å². The third-order valence-corrected chi connectivity index (χ3v) is 6.76. The Morgan fingerprint density at radius 1 is 1.00 bits per heavy atom. The first kappa shape index (κ1) is 23.3. The van der Waals surface area contributed by atoms with Gasteiger partial charge in [0.25, 0.3) is 10.0 Å². The number of hydrogen-bond donors (Lipinski definition) is 1. The summed E-state index contributed by atoms with van der Waals surface area (Å²) in [7, 11) is -3.92. The highest BCUT2D eigenvalue weighted by atomic mass is 32.2. The minimum Gasteiger partial charge on any atom is -0.494 e. The van der Waals surface area contributed by atoms with Gasteiger partial charge in [0.2, 0.25) is 5.91 Å². The number of ether oxygens (including phenoxy) is 1. The van der Waals surface area contributed by atoms with Gasteiger partial charge < -0.3 is 10.1 Å². The summed E-state index contributed by atoms with van der Waals surface area (Å²) >= 11 is 0. The van der Waals surface area contributed by atoms with Crippen LogP contribution in [0.5, 0.6) is 5.75 Å². The summed E-state index contributed by atoms with van der Waals surface area (Å²) in [6.45, 7) is 5.90. The van der Waals surface area contributed by atoms with Crippen molar-refractivity contribution in [3.05, 3.63) is 90.0 Å². The Balaban J connectivity index is 1.82. The molecule has 1 amide bonds. The number of nitrogens with zero attached hydrogens (tertiary/aromatic N) is 1. The van der Waals surface area contributed by atoms with Crippen LogP contribution >= 0.6 is 0 Å². The van der Waals surface area contributed by atoms with E-state index in [-0.39, 0.29) is 17.5 Å². The first-order valence-corrected chi connectivity index (χ1v) is 11.9. The Morgan fingerprint density at radius 3 is 2.31 bits per heavy atom. The average Bonchev–Trinajstić information content (AvgIpc) is 2.78. The zero-order valence-electron chi connectivity index (χ0n) is 18.5. The fourth-order valence-electron chi connectivity index (χ4n) is 3.34. The summed E-state index contributed by atoms with van der Waals surface area (Å²) in [5, 5.41) is 2.90. The zero-order chi connectivity index (χ0) is 23.1. The minimum atomic E-state index is -3.92. The molecule has 7 heteroatoms. The maximum Gasteiger partial charge on any atom is 0.264 e. The van der Waals surface area contributed by atoms with Gasteiger partial charge in [0.05, 0.1) is 23.2 Å². The normalized spacial score (nSPS) is 12.1. The molecular weight excluding hydrogens is 424 g/mol. The Bertz CT molecular complexity index is 1150. The maximum atomic E-state index is 13.4. The first-order chi connectivity index (χ1) is 15.3. The van der Waals surface area contributed by atoms with Crippen LogP contribution < -0.4 is 14.4 Å². The largest absolute Gasteiger partial charge is 0.494 e. The highest BCUT2D eigenvalue weighted by Crippen LogP contribution is 2.25. The predicted octanol–water partition coefficient (Wildman–Crippen LogP) is 4.47. The van der Waals surface area contributed by atoms with E-state index in [9.17, 15) is 13.2 Å². The summed E-state index contributed by atoms with van der Waals surface area (Å²) < 4.78 is 33.3. The molecule has 3 aromatic carbocycles. The van der Waals surface area contributed by atoms with E-state index in [1.54, 1.807) is 36.4 Å². The summed E-state index contributed by atoms with van der Waals surface area (Å²) in [5.41, 5.74) is 2.24. The molecule has 0 fully saturated rings. The maximum absolute atomic E-state index is 13.4. The Kier molecular flexibility index (Phi) is 7.53. The van der Waals surface area contributed by atoms with Gasteiger partial charge in [0, 0.05) is 0 Å². The molecule has 0 spiro atoms. The summed E-state index contributed by atoms with van der Waals surface area (Å²) in [6, 6.07) is 22.4. The number of amides is 1. The molecule has 32 heavy (non-hydrogen) atoms. The van der Waals surface area contributed by atoms with Crippen molar-refractivity contribution in [1.82, 2.24) is 5.32 Å². The van der Waals surface area contributed by atoms with E-state index < -0.39 is 15.9 Å². The predicted molar refractivity (Wildman–Crippen MR) is 126 cm³/mol. The topological polar surface area (TPSA) is 75.7 Å². The number of nitrogens with one attached hydrogen (secondary N) is 1. The lowest BCUT2D eigenvalue weighted by molar-refractivity contribution is -0.120. The van der Waals surface area contributed by atoms with Gasteiger partial charge in [-0.1, -0.05) is 42.5 Å². The van der Waals surface area contributed by atoms with E-state index in [2.05, 4.69) is 5.32 Å². The van der Waals surface area contributed by atoms with Crippen molar-refractivity contribution >= 4 is 21.6 Å². The molecule has 0 aliphatic rings. The third kappa shape index (κ3) is 5.68. The minimum absolute atomic E-state index is 0.133. The summed E-state index contributed by atoms with van der Waals surface area (Å²) in [5.74, 6) is 0.363. The second kappa shape index (κ2) is 10.3. The fourth-order valence-corrected chi connectivity index (χ4v) is 4.77. The molecule has 0 unspecified atom stereocenters. The molecule has 1 atom stereocenters. The van der Waals surface area contributed by atoms with E-state index in [1.165, 1.54) is 12.1 Å². The molecule has 0 bridgehead atoms. The lowest BCUT2D eigenvalue weighted by atomic mass is 10.1. The number of sulfonamides is 1. The number of anilines is 1. The standard InChI is InChI=1S/C25H28N2O4S/c1-4-31-23-15-13-21(14-16-23)20(3)26-25(28)18-27(22-10-8-9-19(2)17-22)32(29,30)24-11-6-5-7-12-24/h5-17,20H,4,18H2,1-3H3,(H,26,28)/t20-/m0/s1. The van der Waals surface area contributed by atoms with E-state index in [1.807, 2.05) is 51.1 Å². The van der Waals surface area contributed by atoms with Gasteiger partial charge in [-0.15, -0.1) is 0 Å². The molecule has 168 valence electrons. The van der Waals surface area contributed by atoms with Crippen LogP contribution in [0.3, 0.4) is 0 Å². The van der Waals surface area contributed by atoms with Crippen molar-refractivity contribution in [3.63, 3.8) is 0 Å². The van der Waals surface area contributed by atoms with Gasteiger partial charge >= 0.3 is 0 Å². The van der Waals surface area contributed by atoms with Crippen molar-refractivity contribution in [2.24, 2.45) is 0 Å². The average molecular weight is 453 g/mol. The van der Waals surface area contributed by atoms with Gasteiger partial charge in [0.1, 0.15) is 12.3 Å². The highest BCUT2D eigenvalue weighted by molar-refractivity contribution is 7.92. The van der Waals surface area contributed by atoms with E-state index in [4.69, 9.17) is 4.74 Å². The smallest absolute Gasteiger partial charge is 0.264 e. The monoisotopic (exact) mass is 452 g/mol. The Labute approximate surface area is 189 Å². The van der Waals surface area contributed by atoms with Crippen molar-refractivity contribution < 1.29 is 17.9 Å². The lowest BCUT2D eigenvalue weighted by Crippen LogP contribution is -2.41. The van der Waals surface area contributed by atoms with Crippen LogP contribution in [0.4, 0.5) is 5.69 Å². The summed E-state index contributed by atoms with van der Waals surface area (Å²) in [4.78, 5) is 13.0. The van der Waals surface area contributed by atoms with E-state index >= 15 is 0 Å². The molecule has 0 saturated carbocycles. The van der Waals surface area contributed by atoms with Crippen molar-refractivity contribution in [3.8, 4) is 5.75 Å². The van der Waals surface area contributed by atoms with Crippen LogP contribution in [0, 0.1) is 6.92 Å². The quantitative estimate of drug-likeness (QED) is 0.520. The van der Waals surface area contributed by atoms with Crippen molar-refractivity contribution in [2.45, 2.75) is 31.7 Å². The molecule has 6 nitrogen and oxygen atoms in total.